The first-order chi connectivity index (χ1) is 21.8. The van der Waals surface area contributed by atoms with Gasteiger partial charge < -0.3 is 9.84 Å². The molecule has 262 valence electrons. The van der Waals surface area contributed by atoms with E-state index in [1.165, 1.54) is 193 Å². The second kappa shape index (κ2) is 40.2. The van der Waals surface area contributed by atoms with Crippen molar-refractivity contribution in [1.29, 1.82) is 0 Å². The fourth-order valence-electron chi connectivity index (χ4n) is 6.17. The normalized spacial score (nSPS) is 11.6. The maximum atomic E-state index is 11.9. The molecule has 0 spiro atoms. The number of hydrogen-bond acceptors (Lipinski definition) is 3. The Morgan fingerprint density at radius 1 is 0.432 bits per heavy atom. The molecule has 0 amide bonds. The number of aliphatic hydroxyl groups is 1. The minimum Gasteiger partial charge on any atom is -0.466 e. The molecule has 0 aliphatic heterocycles. The molecule has 0 heterocycles. The van der Waals surface area contributed by atoms with Gasteiger partial charge in [0.25, 0.3) is 0 Å². The van der Waals surface area contributed by atoms with Crippen molar-refractivity contribution in [3.05, 3.63) is 12.2 Å². The minimum absolute atomic E-state index is 0.0135. The number of unbranched alkanes of at least 4 members (excludes halogenated alkanes) is 31. The van der Waals surface area contributed by atoms with E-state index in [9.17, 15) is 4.79 Å². The lowest BCUT2D eigenvalue weighted by Crippen LogP contribution is -2.05. The molecule has 0 aromatic heterocycles. The summed E-state index contributed by atoms with van der Waals surface area (Å²) in [6, 6.07) is 0. The number of carbonyl (C=O) groups is 1. The summed E-state index contributed by atoms with van der Waals surface area (Å²) in [6.45, 7) is 3.25. The molecule has 44 heavy (non-hydrogen) atoms. The Bertz CT molecular complexity index is 558. The summed E-state index contributed by atoms with van der Waals surface area (Å²) >= 11 is 0. The number of carbonyl (C=O) groups excluding carboxylic acids is 1. The average molecular weight is 621 g/mol. The molecular weight excluding hydrogens is 540 g/mol. The monoisotopic (exact) mass is 621 g/mol. The maximum Gasteiger partial charge on any atom is 0.305 e. The number of rotatable bonds is 38. The van der Waals surface area contributed by atoms with Gasteiger partial charge in [-0.3, -0.25) is 4.79 Å². The molecule has 3 nitrogen and oxygen atoms in total. The summed E-state index contributed by atoms with van der Waals surface area (Å²) in [5.41, 5.74) is 0. The van der Waals surface area contributed by atoms with Crippen molar-refractivity contribution in [2.75, 3.05) is 13.2 Å². The topological polar surface area (TPSA) is 46.5 Å². The first-order valence-electron chi connectivity index (χ1n) is 20.2. The van der Waals surface area contributed by atoms with Crippen molar-refractivity contribution in [2.45, 2.75) is 232 Å². The number of ether oxygens (including phenoxy) is 1. The first kappa shape index (κ1) is 43.2. The van der Waals surface area contributed by atoms with Crippen LogP contribution in [0, 0.1) is 0 Å². The van der Waals surface area contributed by atoms with E-state index in [1.807, 2.05) is 0 Å². The van der Waals surface area contributed by atoms with Crippen molar-refractivity contribution in [3.8, 4) is 0 Å². The zero-order valence-electron chi connectivity index (χ0n) is 30.1. The molecule has 1 N–H and O–H groups in total. The predicted octanol–water partition coefficient (Wildman–Crippen LogP) is 13.8. The van der Waals surface area contributed by atoms with Gasteiger partial charge in [0.05, 0.1) is 6.61 Å². The van der Waals surface area contributed by atoms with Crippen molar-refractivity contribution >= 4 is 5.97 Å². The van der Waals surface area contributed by atoms with E-state index in [0.717, 1.165) is 25.7 Å². The van der Waals surface area contributed by atoms with Gasteiger partial charge >= 0.3 is 5.97 Å². The van der Waals surface area contributed by atoms with E-state index < -0.39 is 0 Å². The largest absolute Gasteiger partial charge is 0.466 e. The fraction of sp³-hybridized carbons (Fsp3) is 0.927. The summed E-state index contributed by atoms with van der Waals surface area (Å²) in [6.07, 6.45) is 50.2. The van der Waals surface area contributed by atoms with Crippen LogP contribution in [0.3, 0.4) is 0 Å². The second-order valence-electron chi connectivity index (χ2n) is 13.7. The Hall–Kier alpha value is -0.830. The highest BCUT2D eigenvalue weighted by atomic mass is 16.5. The van der Waals surface area contributed by atoms with Gasteiger partial charge in [-0.2, -0.15) is 0 Å². The molecule has 0 bridgehead atoms. The number of esters is 1. The second-order valence-corrected chi connectivity index (χ2v) is 13.7. The lowest BCUT2D eigenvalue weighted by molar-refractivity contribution is -0.143. The summed E-state index contributed by atoms with van der Waals surface area (Å²) in [7, 11) is 0. The molecule has 0 radical (unpaired) electrons. The van der Waals surface area contributed by atoms with Gasteiger partial charge in [0.1, 0.15) is 0 Å². The number of aliphatic hydroxyl groups excluding tert-OH is 1. The van der Waals surface area contributed by atoms with E-state index in [-0.39, 0.29) is 5.97 Å². The van der Waals surface area contributed by atoms with Crippen LogP contribution in [0.5, 0.6) is 0 Å². The van der Waals surface area contributed by atoms with Gasteiger partial charge in [-0.25, -0.2) is 0 Å². The Balaban J connectivity index is 3.15. The summed E-state index contributed by atoms with van der Waals surface area (Å²) in [5, 5.41) is 8.79. The van der Waals surface area contributed by atoms with Crippen molar-refractivity contribution in [1.82, 2.24) is 0 Å². The lowest BCUT2D eigenvalue weighted by Gasteiger charge is -2.06. The zero-order chi connectivity index (χ0) is 31.9. The van der Waals surface area contributed by atoms with Crippen LogP contribution in [-0.4, -0.2) is 24.3 Å². The van der Waals surface area contributed by atoms with E-state index in [1.54, 1.807) is 0 Å². The third kappa shape index (κ3) is 39.2. The van der Waals surface area contributed by atoms with Gasteiger partial charge in [-0.15, -0.1) is 0 Å². The highest BCUT2D eigenvalue weighted by Gasteiger charge is 2.02. The lowest BCUT2D eigenvalue weighted by atomic mass is 10.0. The molecule has 0 saturated heterocycles. The van der Waals surface area contributed by atoms with Crippen LogP contribution in [0.25, 0.3) is 0 Å². The van der Waals surface area contributed by atoms with Gasteiger partial charge in [-0.05, 0) is 44.9 Å². The highest BCUT2D eigenvalue weighted by Crippen LogP contribution is 2.16. The number of hydrogen-bond donors (Lipinski definition) is 1. The van der Waals surface area contributed by atoms with Crippen LogP contribution in [0.1, 0.15) is 232 Å². The molecule has 0 atom stereocenters. The van der Waals surface area contributed by atoms with E-state index in [0.29, 0.717) is 19.6 Å². The van der Waals surface area contributed by atoms with Crippen LogP contribution in [0.4, 0.5) is 0 Å². The first-order valence-corrected chi connectivity index (χ1v) is 20.2. The zero-order valence-corrected chi connectivity index (χ0v) is 30.1. The summed E-state index contributed by atoms with van der Waals surface area (Å²) in [5.74, 6) is 0.0135. The predicted molar refractivity (Wildman–Crippen MR) is 194 cm³/mol. The Morgan fingerprint density at radius 2 is 0.750 bits per heavy atom. The molecule has 0 saturated carbocycles. The third-order valence-electron chi connectivity index (χ3n) is 9.21. The number of allylic oxidation sites excluding steroid dienone is 2. The molecule has 0 rings (SSSR count). The smallest absolute Gasteiger partial charge is 0.305 e. The van der Waals surface area contributed by atoms with Gasteiger partial charge in [0.2, 0.25) is 0 Å². The van der Waals surface area contributed by atoms with Gasteiger partial charge in [-0.1, -0.05) is 192 Å². The SMILES string of the molecule is CCCCCC/C=C\CCCCCCCC(=O)OCCCCCCCCCCCCCCCCCCCCCCCCCO. The molecule has 3 heteroatoms. The fourth-order valence-corrected chi connectivity index (χ4v) is 6.17. The maximum absolute atomic E-state index is 11.9. The molecular formula is C41H80O3. The average Bonchev–Trinajstić information content (AvgIpc) is 3.03. The quantitative estimate of drug-likeness (QED) is 0.0424. The Labute approximate surface area is 277 Å². The van der Waals surface area contributed by atoms with E-state index in [2.05, 4.69) is 19.1 Å². The van der Waals surface area contributed by atoms with Crippen LogP contribution in [0.2, 0.25) is 0 Å². The minimum atomic E-state index is 0.0135. The molecule has 0 fully saturated rings. The molecule has 0 aliphatic carbocycles. The standard InChI is InChI=1S/C41H80O3/c1-2-3-4-5-6-7-8-20-23-26-29-32-35-38-41(43)44-40-37-34-31-28-25-22-19-17-15-13-11-9-10-12-14-16-18-21-24-27-30-33-36-39-42/h7-8,42H,2-6,9-40H2,1H3/b8-7-. The third-order valence-corrected chi connectivity index (χ3v) is 9.21. The van der Waals surface area contributed by atoms with Gasteiger partial charge in [0, 0.05) is 13.0 Å². The van der Waals surface area contributed by atoms with E-state index >= 15 is 0 Å². The van der Waals surface area contributed by atoms with Crippen LogP contribution in [0.15, 0.2) is 12.2 Å². The Kier molecular flexibility index (Phi) is 39.4. The molecule has 0 aliphatic rings. The van der Waals surface area contributed by atoms with Crippen LogP contribution < -0.4 is 0 Å². The van der Waals surface area contributed by atoms with Crippen molar-refractivity contribution < 1.29 is 14.6 Å². The molecule has 0 aromatic carbocycles. The van der Waals surface area contributed by atoms with Crippen molar-refractivity contribution in [2.24, 2.45) is 0 Å². The summed E-state index contributed by atoms with van der Waals surface area (Å²) in [4.78, 5) is 11.9. The Morgan fingerprint density at radius 3 is 1.14 bits per heavy atom. The molecule has 0 aromatic rings. The van der Waals surface area contributed by atoms with Crippen molar-refractivity contribution in [3.63, 3.8) is 0 Å². The highest BCUT2D eigenvalue weighted by molar-refractivity contribution is 5.69. The van der Waals surface area contributed by atoms with Crippen LogP contribution in [-0.2, 0) is 9.53 Å². The molecule has 0 unspecified atom stereocenters. The summed E-state index contributed by atoms with van der Waals surface area (Å²) < 4.78 is 5.45. The van der Waals surface area contributed by atoms with E-state index in [4.69, 9.17) is 9.84 Å². The van der Waals surface area contributed by atoms with Gasteiger partial charge in [0.15, 0.2) is 0 Å². The van der Waals surface area contributed by atoms with Crippen LogP contribution >= 0.6 is 0 Å².